The first-order valence-electron chi connectivity index (χ1n) is 8.07. The van der Waals surface area contributed by atoms with Crippen LogP contribution in [0.3, 0.4) is 0 Å². The number of nitrogens with zero attached hydrogens (tertiary/aromatic N) is 4. The van der Waals surface area contributed by atoms with Crippen molar-refractivity contribution in [3.05, 3.63) is 42.2 Å². The van der Waals surface area contributed by atoms with Crippen LogP contribution in [0.5, 0.6) is 0 Å². The summed E-state index contributed by atoms with van der Waals surface area (Å²) in [5.74, 6) is 1.20. The zero-order valence-electron chi connectivity index (χ0n) is 13.4. The minimum atomic E-state index is 0.166. The average molecular weight is 300 g/mol. The fourth-order valence-electron chi connectivity index (χ4n) is 3.33. The molecule has 1 atom stereocenters. The van der Waals surface area contributed by atoms with Crippen molar-refractivity contribution in [3.8, 4) is 0 Å². The number of carbonyl (C=O) groups is 1. The number of hydrogen-bond acceptors (Lipinski definition) is 2. The van der Waals surface area contributed by atoms with Crippen molar-refractivity contribution < 1.29 is 4.79 Å². The van der Waals surface area contributed by atoms with Gasteiger partial charge < -0.3 is 14.0 Å². The molecule has 1 amide bonds. The summed E-state index contributed by atoms with van der Waals surface area (Å²) in [6, 6.07) is 4.17. The van der Waals surface area contributed by atoms with Crippen LogP contribution >= 0.6 is 0 Å². The van der Waals surface area contributed by atoms with Gasteiger partial charge in [0.1, 0.15) is 11.5 Å². The Morgan fingerprint density at radius 2 is 2.23 bits per heavy atom. The molecule has 1 aliphatic heterocycles. The maximum Gasteiger partial charge on any atom is 0.270 e. The fourth-order valence-corrected chi connectivity index (χ4v) is 3.33. The second-order valence-corrected chi connectivity index (χ2v) is 6.11. The van der Waals surface area contributed by atoms with Crippen LogP contribution in [0.2, 0.25) is 0 Å². The molecule has 0 aliphatic carbocycles. The minimum absolute atomic E-state index is 0.166. The van der Waals surface area contributed by atoms with Crippen molar-refractivity contribution in [3.63, 3.8) is 0 Å². The molecular weight excluding hydrogens is 276 g/mol. The Morgan fingerprint density at radius 3 is 2.91 bits per heavy atom. The molecule has 0 radical (unpaired) electrons. The molecule has 0 unspecified atom stereocenters. The summed E-state index contributed by atoms with van der Waals surface area (Å²) in [5.41, 5.74) is 0.783. The van der Waals surface area contributed by atoms with Gasteiger partial charge >= 0.3 is 0 Å². The van der Waals surface area contributed by atoms with E-state index in [1.165, 1.54) is 6.42 Å². The molecule has 0 aromatic carbocycles. The molecule has 2 aromatic rings. The Hall–Kier alpha value is -2.04. The van der Waals surface area contributed by atoms with E-state index in [1.807, 2.05) is 49.3 Å². The van der Waals surface area contributed by atoms with Gasteiger partial charge in [-0.2, -0.15) is 0 Å². The van der Waals surface area contributed by atoms with Crippen LogP contribution in [-0.4, -0.2) is 37.5 Å². The van der Waals surface area contributed by atoms with Crippen LogP contribution in [0.15, 0.2) is 30.7 Å². The van der Waals surface area contributed by atoms with Gasteiger partial charge in [0, 0.05) is 44.8 Å². The summed E-state index contributed by atoms with van der Waals surface area (Å²) >= 11 is 0. The highest BCUT2D eigenvalue weighted by atomic mass is 16.2. The van der Waals surface area contributed by atoms with Crippen LogP contribution in [0.25, 0.3) is 0 Å². The number of imidazole rings is 1. The first-order valence-corrected chi connectivity index (χ1v) is 8.07. The quantitative estimate of drug-likeness (QED) is 0.871. The van der Waals surface area contributed by atoms with Crippen molar-refractivity contribution in [1.82, 2.24) is 19.0 Å². The van der Waals surface area contributed by atoms with Crippen molar-refractivity contribution in [2.45, 2.75) is 45.2 Å². The summed E-state index contributed by atoms with van der Waals surface area (Å²) in [5, 5.41) is 0. The molecule has 2 aromatic heterocycles. The highest BCUT2D eigenvalue weighted by molar-refractivity contribution is 5.93. The van der Waals surface area contributed by atoms with Gasteiger partial charge in [0.15, 0.2) is 0 Å². The van der Waals surface area contributed by atoms with E-state index in [0.717, 1.165) is 43.9 Å². The number of amides is 1. The zero-order chi connectivity index (χ0) is 15.5. The third-order valence-corrected chi connectivity index (χ3v) is 4.68. The second kappa shape index (κ2) is 6.38. The Kier molecular flexibility index (Phi) is 4.32. The van der Waals surface area contributed by atoms with Crippen LogP contribution in [-0.2, 0) is 13.6 Å². The number of aryl methyl sites for hydroxylation is 3. The molecule has 1 fully saturated rings. The van der Waals surface area contributed by atoms with Gasteiger partial charge in [0.05, 0.1) is 0 Å². The van der Waals surface area contributed by atoms with E-state index in [4.69, 9.17) is 0 Å². The van der Waals surface area contributed by atoms with Crippen molar-refractivity contribution in [2.24, 2.45) is 7.05 Å². The summed E-state index contributed by atoms with van der Waals surface area (Å²) in [7, 11) is 1.93. The lowest BCUT2D eigenvalue weighted by atomic mass is 9.98. The minimum Gasteiger partial charge on any atom is -0.347 e. The van der Waals surface area contributed by atoms with E-state index in [0.29, 0.717) is 6.04 Å². The van der Waals surface area contributed by atoms with E-state index in [9.17, 15) is 4.79 Å². The maximum atomic E-state index is 12.8. The number of hydrogen-bond donors (Lipinski definition) is 0. The summed E-state index contributed by atoms with van der Waals surface area (Å²) in [4.78, 5) is 19.1. The standard InChI is InChI=1S/C17H24N4O/c1-14-18-9-13-20(14)12-8-15-6-3-4-11-21(15)17(22)16-7-5-10-19(16)2/h5,7,9-10,13,15H,3-4,6,8,11-12H2,1-2H3/t15-/m0/s1. The maximum absolute atomic E-state index is 12.8. The lowest BCUT2D eigenvalue weighted by Crippen LogP contribution is -2.44. The lowest BCUT2D eigenvalue weighted by Gasteiger charge is -2.36. The van der Waals surface area contributed by atoms with E-state index >= 15 is 0 Å². The van der Waals surface area contributed by atoms with E-state index in [2.05, 4.69) is 14.5 Å². The Balaban J connectivity index is 1.70. The Bertz CT molecular complexity index is 643. The molecule has 1 aliphatic rings. The number of carbonyl (C=O) groups excluding carboxylic acids is 1. The highest BCUT2D eigenvalue weighted by Crippen LogP contribution is 2.22. The van der Waals surface area contributed by atoms with Crippen molar-refractivity contribution in [2.75, 3.05) is 6.54 Å². The normalized spacial score (nSPS) is 18.6. The molecule has 0 saturated carbocycles. The third kappa shape index (κ3) is 2.93. The van der Waals surface area contributed by atoms with Crippen LogP contribution in [0.4, 0.5) is 0 Å². The van der Waals surface area contributed by atoms with Crippen molar-refractivity contribution in [1.29, 1.82) is 0 Å². The molecule has 0 N–H and O–H groups in total. The zero-order valence-corrected chi connectivity index (χ0v) is 13.4. The van der Waals surface area contributed by atoms with Gasteiger partial charge in [-0.25, -0.2) is 4.98 Å². The average Bonchev–Trinajstić information content (AvgIpc) is 3.13. The lowest BCUT2D eigenvalue weighted by molar-refractivity contribution is 0.0585. The summed E-state index contributed by atoms with van der Waals surface area (Å²) in [6.07, 6.45) is 10.2. The largest absolute Gasteiger partial charge is 0.347 e. The Labute approximate surface area is 131 Å². The Morgan fingerprint density at radius 1 is 1.36 bits per heavy atom. The molecular formula is C17H24N4O. The second-order valence-electron chi connectivity index (χ2n) is 6.11. The first-order chi connectivity index (χ1) is 10.7. The van der Waals surface area contributed by atoms with E-state index in [-0.39, 0.29) is 5.91 Å². The molecule has 0 bridgehead atoms. The highest BCUT2D eigenvalue weighted by Gasteiger charge is 2.28. The van der Waals surface area contributed by atoms with E-state index in [1.54, 1.807) is 0 Å². The summed E-state index contributed by atoms with van der Waals surface area (Å²) < 4.78 is 4.08. The van der Waals surface area contributed by atoms with Crippen LogP contribution in [0.1, 0.15) is 42.0 Å². The molecule has 118 valence electrons. The number of piperidine rings is 1. The molecule has 22 heavy (non-hydrogen) atoms. The van der Waals surface area contributed by atoms with Gasteiger partial charge in [-0.1, -0.05) is 0 Å². The number of likely N-dealkylation sites (tertiary alicyclic amines) is 1. The predicted molar refractivity (Wildman–Crippen MR) is 85.7 cm³/mol. The van der Waals surface area contributed by atoms with Gasteiger partial charge in [0.25, 0.3) is 5.91 Å². The summed E-state index contributed by atoms with van der Waals surface area (Å²) in [6.45, 7) is 3.82. The molecule has 3 heterocycles. The van der Waals surface area contributed by atoms with Gasteiger partial charge in [-0.15, -0.1) is 0 Å². The molecule has 3 rings (SSSR count). The van der Waals surface area contributed by atoms with Crippen LogP contribution < -0.4 is 0 Å². The predicted octanol–water partition coefficient (Wildman–Crippen LogP) is 2.62. The molecule has 5 heteroatoms. The molecule has 5 nitrogen and oxygen atoms in total. The topological polar surface area (TPSA) is 43.1 Å². The molecule has 1 saturated heterocycles. The fraction of sp³-hybridized carbons (Fsp3) is 0.529. The monoisotopic (exact) mass is 300 g/mol. The van der Waals surface area contributed by atoms with Gasteiger partial charge in [0.2, 0.25) is 0 Å². The number of rotatable bonds is 4. The number of aromatic nitrogens is 3. The van der Waals surface area contributed by atoms with Crippen LogP contribution in [0, 0.1) is 6.92 Å². The van der Waals surface area contributed by atoms with Gasteiger partial charge in [-0.05, 0) is 44.7 Å². The first kappa shape index (κ1) is 14.9. The third-order valence-electron chi connectivity index (χ3n) is 4.68. The molecule has 0 spiro atoms. The van der Waals surface area contributed by atoms with Gasteiger partial charge in [-0.3, -0.25) is 4.79 Å². The smallest absolute Gasteiger partial charge is 0.270 e. The SMILES string of the molecule is Cc1nccn1CC[C@@H]1CCCCN1C(=O)c1cccn1C. The van der Waals surface area contributed by atoms with E-state index < -0.39 is 0 Å². The van der Waals surface area contributed by atoms with Crippen molar-refractivity contribution >= 4 is 5.91 Å².